The number of nitrogens with zero attached hydrogens (tertiary/aromatic N) is 2. The predicted molar refractivity (Wildman–Crippen MR) is 118 cm³/mol. The molecule has 1 N–H and O–H groups in total. The molecule has 0 bridgehead atoms. The van der Waals surface area contributed by atoms with Crippen molar-refractivity contribution in [3.05, 3.63) is 60.7 Å². The molecule has 1 aromatic heterocycles. The summed E-state index contributed by atoms with van der Waals surface area (Å²) < 4.78 is 0. The zero-order valence-corrected chi connectivity index (χ0v) is 16.2. The minimum Gasteiger partial charge on any atom is -0.384 e. The number of aromatic nitrogens is 1. The molecule has 0 aliphatic heterocycles. The van der Waals surface area contributed by atoms with Crippen molar-refractivity contribution in [1.82, 2.24) is 9.88 Å². The summed E-state index contributed by atoms with van der Waals surface area (Å²) in [7, 11) is 0. The molecule has 0 saturated carbocycles. The average molecular weight is 358 g/mol. The molecule has 3 heteroatoms. The van der Waals surface area contributed by atoms with Crippen LogP contribution in [0, 0.1) is 0 Å². The quantitative estimate of drug-likeness (QED) is 0.262. The molecule has 0 amide bonds. The lowest BCUT2D eigenvalue weighted by atomic mass is 10.0. The Morgan fingerprint density at radius 2 is 1.56 bits per heavy atom. The molecule has 3 nitrogen and oxygen atoms in total. The second kappa shape index (κ2) is 7.93. The van der Waals surface area contributed by atoms with Crippen molar-refractivity contribution in [1.29, 1.82) is 0 Å². The van der Waals surface area contributed by atoms with Crippen LogP contribution in [0.3, 0.4) is 0 Å². The summed E-state index contributed by atoms with van der Waals surface area (Å²) in [6.07, 6.45) is 1.13. The van der Waals surface area contributed by atoms with Crippen molar-refractivity contribution in [2.75, 3.05) is 31.5 Å². The van der Waals surface area contributed by atoms with Gasteiger partial charge in [0, 0.05) is 22.7 Å². The number of nitrogens with one attached hydrogen (secondary N) is 1. The summed E-state index contributed by atoms with van der Waals surface area (Å²) in [6, 6.07) is 21.4. The van der Waals surface area contributed by atoms with Crippen LogP contribution in [0.2, 0.25) is 0 Å². The summed E-state index contributed by atoms with van der Waals surface area (Å²) in [6.45, 7) is 8.78. The smallest absolute Gasteiger partial charge is 0.0808 e. The highest BCUT2D eigenvalue weighted by Gasteiger charge is 2.11. The van der Waals surface area contributed by atoms with Crippen LogP contribution in [0.5, 0.6) is 0 Å². The monoisotopic (exact) mass is 357 g/mol. The molecule has 4 aromatic rings. The minimum absolute atomic E-state index is 0.965. The van der Waals surface area contributed by atoms with Gasteiger partial charge in [0.1, 0.15) is 0 Å². The number of fused-ring (bicyclic) bond motifs is 4. The van der Waals surface area contributed by atoms with Crippen molar-refractivity contribution in [2.45, 2.75) is 20.3 Å². The molecular weight excluding hydrogens is 330 g/mol. The number of pyridine rings is 1. The Balaban J connectivity index is 1.75. The Labute approximate surface area is 161 Å². The van der Waals surface area contributed by atoms with Crippen molar-refractivity contribution in [3.63, 3.8) is 0 Å². The van der Waals surface area contributed by atoms with Crippen LogP contribution >= 0.6 is 0 Å². The third-order valence-corrected chi connectivity index (χ3v) is 5.42. The van der Waals surface area contributed by atoms with E-state index < -0.39 is 0 Å². The molecule has 0 fully saturated rings. The van der Waals surface area contributed by atoms with E-state index in [4.69, 9.17) is 4.98 Å². The van der Waals surface area contributed by atoms with Crippen molar-refractivity contribution >= 4 is 38.3 Å². The molecule has 0 spiro atoms. The van der Waals surface area contributed by atoms with E-state index in [-0.39, 0.29) is 0 Å². The molecule has 0 aliphatic rings. The van der Waals surface area contributed by atoms with Gasteiger partial charge in [-0.2, -0.15) is 0 Å². The molecule has 0 atom stereocenters. The molecule has 0 unspecified atom stereocenters. The lowest BCUT2D eigenvalue weighted by molar-refractivity contribution is 0.303. The molecule has 138 valence electrons. The standard InChI is InChI=1S/C24H27N3/c1-3-27(4-2)17-9-16-25-23-20-12-7-8-13-22(20)26-24-19-11-6-5-10-18(19)14-15-21(23)24/h5-8,10-15H,3-4,9,16-17H2,1-2H3,(H,25,26). The van der Waals surface area contributed by atoms with Gasteiger partial charge in [0.25, 0.3) is 0 Å². The molecule has 4 rings (SSSR count). The molecule has 0 saturated heterocycles. The first kappa shape index (κ1) is 17.7. The zero-order chi connectivity index (χ0) is 18.6. The first-order valence-electron chi connectivity index (χ1n) is 9.98. The highest BCUT2D eigenvalue weighted by Crippen LogP contribution is 2.34. The van der Waals surface area contributed by atoms with Gasteiger partial charge in [0.05, 0.1) is 16.7 Å². The Kier molecular flexibility index (Phi) is 5.21. The third-order valence-electron chi connectivity index (χ3n) is 5.42. The fraction of sp³-hybridized carbons (Fsp3) is 0.292. The van der Waals surface area contributed by atoms with Crippen molar-refractivity contribution in [2.24, 2.45) is 0 Å². The topological polar surface area (TPSA) is 28.2 Å². The SMILES string of the molecule is CCN(CC)CCCNc1c2ccccc2nc2c1ccc1ccccc12. The van der Waals surface area contributed by atoms with Crippen LogP contribution < -0.4 is 5.32 Å². The van der Waals surface area contributed by atoms with Gasteiger partial charge in [-0.15, -0.1) is 0 Å². The lowest BCUT2D eigenvalue weighted by Gasteiger charge is -2.19. The number of rotatable bonds is 7. The molecule has 0 radical (unpaired) electrons. The lowest BCUT2D eigenvalue weighted by Crippen LogP contribution is -2.25. The van der Waals surface area contributed by atoms with E-state index in [1.54, 1.807) is 0 Å². The van der Waals surface area contributed by atoms with Crippen molar-refractivity contribution < 1.29 is 0 Å². The Bertz CT molecular complexity index is 1070. The van der Waals surface area contributed by atoms with E-state index in [2.05, 4.69) is 84.7 Å². The number of benzene rings is 3. The van der Waals surface area contributed by atoms with Gasteiger partial charge in [-0.05, 0) is 37.5 Å². The van der Waals surface area contributed by atoms with Gasteiger partial charge < -0.3 is 10.2 Å². The molecule has 1 heterocycles. The van der Waals surface area contributed by atoms with E-state index in [9.17, 15) is 0 Å². The normalized spacial score (nSPS) is 11.7. The number of para-hydroxylation sites is 1. The maximum Gasteiger partial charge on any atom is 0.0808 e. The van der Waals surface area contributed by atoms with Gasteiger partial charge >= 0.3 is 0 Å². The van der Waals surface area contributed by atoms with E-state index in [0.29, 0.717) is 0 Å². The highest BCUT2D eigenvalue weighted by molar-refractivity contribution is 6.15. The second-order valence-electron chi connectivity index (χ2n) is 6.99. The van der Waals surface area contributed by atoms with Gasteiger partial charge in [0.2, 0.25) is 0 Å². The molecule has 27 heavy (non-hydrogen) atoms. The van der Waals surface area contributed by atoms with Crippen LogP contribution in [0.15, 0.2) is 60.7 Å². The zero-order valence-electron chi connectivity index (χ0n) is 16.2. The summed E-state index contributed by atoms with van der Waals surface area (Å²) in [5.41, 5.74) is 3.34. The van der Waals surface area contributed by atoms with Crippen molar-refractivity contribution in [3.8, 4) is 0 Å². The number of hydrogen-bond acceptors (Lipinski definition) is 3. The van der Waals surface area contributed by atoms with Gasteiger partial charge in [-0.3, -0.25) is 0 Å². The van der Waals surface area contributed by atoms with E-state index in [1.165, 1.54) is 27.2 Å². The number of anilines is 1. The summed E-state index contributed by atoms with van der Waals surface area (Å²) >= 11 is 0. The largest absolute Gasteiger partial charge is 0.384 e. The summed E-state index contributed by atoms with van der Waals surface area (Å²) in [5, 5.41) is 8.58. The summed E-state index contributed by atoms with van der Waals surface area (Å²) in [4.78, 5) is 7.47. The highest BCUT2D eigenvalue weighted by atomic mass is 15.1. The van der Waals surface area contributed by atoms with Gasteiger partial charge in [-0.1, -0.05) is 68.4 Å². The molecule has 0 aliphatic carbocycles. The minimum atomic E-state index is 0.965. The Morgan fingerprint density at radius 3 is 2.37 bits per heavy atom. The first-order valence-corrected chi connectivity index (χ1v) is 9.98. The summed E-state index contributed by atoms with van der Waals surface area (Å²) in [5.74, 6) is 0. The van der Waals surface area contributed by atoms with Crippen LogP contribution in [-0.4, -0.2) is 36.1 Å². The second-order valence-corrected chi connectivity index (χ2v) is 6.99. The van der Waals surface area contributed by atoms with Crippen LogP contribution in [-0.2, 0) is 0 Å². The number of hydrogen-bond donors (Lipinski definition) is 1. The van der Waals surface area contributed by atoms with Crippen LogP contribution in [0.4, 0.5) is 5.69 Å². The Hall–Kier alpha value is -2.65. The van der Waals surface area contributed by atoms with E-state index in [0.717, 1.165) is 43.6 Å². The van der Waals surface area contributed by atoms with E-state index in [1.807, 2.05) is 0 Å². The van der Waals surface area contributed by atoms with Crippen LogP contribution in [0.25, 0.3) is 32.6 Å². The van der Waals surface area contributed by atoms with Gasteiger partial charge in [0.15, 0.2) is 0 Å². The molecular formula is C24H27N3. The van der Waals surface area contributed by atoms with E-state index >= 15 is 0 Å². The predicted octanol–water partition coefficient (Wildman–Crippen LogP) is 5.69. The average Bonchev–Trinajstić information content (AvgIpc) is 2.73. The fourth-order valence-electron chi connectivity index (χ4n) is 3.87. The van der Waals surface area contributed by atoms with Crippen LogP contribution in [0.1, 0.15) is 20.3 Å². The third kappa shape index (κ3) is 3.47. The fourth-order valence-corrected chi connectivity index (χ4v) is 3.87. The first-order chi connectivity index (χ1) is 13.3. The molecule has 3 aromatic carbocycles. The van der Waals surface area contributed by atoms with Gasteiger partial charge in [-0.25, -0.2) is 4.98 Å². The Morgan fingerprint density at radius 1 is 0.815 bits per heavy atom. The maximum absolute atomic E-state index is 5.00. The maximum atomic E-state index is 5.00.